The van der Waals surface area contributed by atoms with Gasteiger partial charge in [0.15, 0.2) is 15.8 Å². The van der Waals surface area contributed by atoms with Gasteiger partial charge in [0.1, 0.15) is 5.82 Å². The van der Waals surface area contributed by atoms with Crippen molar-refractivity contribution in [2.45, 2.75) is 31.7 Å². The van der Waals surface area contributed by atoms with Crippen LogP contribution in [0.25, 0.3) is 0 Å². The van der Waals surface area contributed by atoms with Crippen LogP contribution in [0.2, 0.25) is 5.02 Å². The zero-order valence-corrected chi connectivity index (χ0v) is 20.5. The monoisotopic (exact) mass is 553 g/mol. The van der Waals surface area contributed by atoms with Crippen LogP contribution in [0.3, 0.4) is 0 Å². The van der Waals surface area contributed by atoms with E-state index >= 15 is 0 Å². The zero-order valence-electron chi connectivity index (χ0n) is 16.6. The fraction of sp³-hybridized carbons (Fsp3) is 0.350. The number of nitrogens with zero attached hydrogens (tertiary/aromatic N) is 1. The van der Waals surface area contributed by atoms with Gasteiger partial charge in [-0.15, -0.1) is 24.0 Å². The van der Waals surface area contributed by atoms with Gasteiger partial charge in [0.2, 0.25) is 0 Å². The maximum Gasteiger partial charge on any atom is 0.191 e. The lowest BCUT2D eigenvalue weighted by Gasteiger charge is -2.12. The second-order valence-corrected chi connectivity index (χ2v) is 8.84. The zero-order chi connectivity index (χ0) is 20.7. The van der Waals surface area contributed by atoms with Crippen LogP contribution in [-0.2, 0) is 22.8 Å². The van der Waals surface area contributed by atoms with Gasteiger partial charge in [0, 0.05) is 29.9 Å². The molecule has 0 radical (unpaired) electrons. The average Bonchev–Trinajstić information content (AvgIpc) is 2.61. The summed E-state index contributed by atoms with van der Waals surface area (Å²) in [6.45, 7) is 5.26. The highest BCUT2D eigenvalue weighted by Crippen LogP contribution is 2.19. The SMILES string of the molecule is CCNC(=NCc1ccc(S(C)(=O)=O)c(C)c1)NCCc1c(F)cccc1Cl.I. The van der Waals surface area contributed by atoms with Crippen molar-refractivity contribution < 1.29 is 12.8 Å². The summed E-state index contributed by atoms with van der Waals surface area (Å²) in [5.74, 6) is 0.275. The molecule has 0 heterocycles. The molecule has 0 bridgehead atoms. The third-order valence-corrected chi connectivity index (χ3v) is 5.74. The highest BCUT2D eigenvalue weighted by atomic mass is 127. The molecule has 2 aromatic rings. The van der Waals surface area contributed by atoms with E-state index in [1.165, 1.54) is 12.3 Å². The van der Waals surface area contributed by atoms with E-state index in [1.54, 1.807) is 31.2 Å². The quantitative estimate of drug-likeness (QED) is 0.308. The van der Waals surface area contributed by atoms with E-state index in [0.717, 1.165) is 5.56 Å². The Bertz CT molecular complexity index is 948. The number of sulfone groups is 1. The Kier molecular flexibility index (Phi) is 10.4. The molecule has 2 N–H and O–H groups in total. The molecule has 9 heteroatoms. The van der Waals surface area contributed by atoms with Gasteiger partial charge in [-0.05, 0) is 49.6 Å². The minimum absolute atomic E-state index is 0. The molecule has 0 aliphatic rings. The lowest BCUT2D eigenvalue weighted by Crippen LogP contribution is -2.38. The first-order chi connectivity index (χ1) is 13.2. The molecule has 0 fully saturated rings. The van der Waals surface area contributed by atoms with Gasteiger partial charge in [-0.25, -0.2) is 17.8 Å². The van der Waals surface area contributed by atoms with Gasteiger partial charge in [-0.3, -0.25) is 0 Å². The van der Waals surface area contributed by atoms with Gasteiger partial charge in [-0.2, -0.15) is 0 Å². The summed E-state index contributed by atoms with van der Waals surface area (Å²) in [7, 11) is -3.24. The molecular formula is C20H26ClFIN3O2S. The van der Waals surface area contributed by atoms with Gasteiger partial charge < -0.3 is 10.6 Å². The largest absolute Gasteiger partial charge is 0.357 e. The number of benzene rings is 2. The minimum Gasteiger partial charge on any atom is -0.357 e. The van der Waals surface area contributed by atoms with Crippen molar-refractivity contribution in [3.8, 4) is 0 Å². The number of nitrogens with one attached hydrogen (secondary N) is 2. The normalized spacial score (nSPS) is 11.7. The van der Waals surface area contributed by atoms with Crippen LogP contribution >= 0.6 is 35.6 Å². The first-order valence-electron chi connectivity index (χ1n) is 8.97. The van der Waals surface area contributed by atoms with E-state index < -0.39 is 9.84 Å². The predicted molar refractivity (Wildman–Crippen MR) is 128 cm³/mol. The van der Waals surface area contributed by atoms with Crippen molar-refractivity contribution in [1.82, 2.24) is 10.6 Å². The molecule has 2 rings (SSSR count). The molecule has 0 atom stereocenters. The molecule has 0 saturated carbocycles. The molecule has 0 spiro atoms. The molecule has 0 amide bonds. The van der Waals surface area contributed by atoms with Crippen LogP contribution in [0.15, 0.2) is 46.3 Å². The summed E-state index contributed by atoms with van der Waals surface area (Å²) in [5, 5.41) is 6.70. The van der Waals surface area contributed by atoms with Crippen LogP contribution < -0.4 is 10.6 Å². The Balaban J connectivity index is 0.00000420. The van der Waals surface area contributed by atoms with E-state index in [0.29, 0.717) is 53.1 Å². The Morgan fingerprint density at radius 3 is 2.52 bits per heavy atom. The standard InChI is InChI=1S/C20H25ClFN3O2S.HI/c1-4-23-20(24-11-10-16-17(21)6-5-7-18(16)22)25-13-15-8-9-19(14(2)12-15)28(3,26)27;/h5-9,12H,4,10-11,13H2,1-3H3,(H2,23,24,25);1H. The molecule has 0 unspecified atom stereocenters. The highest BCUT2D eigenvalue weighted by Gasteiger charge is 2.11. The highest BCUT2D eigenvalue weighted by molar-refractivity contribution is 14.0. The smallest absolute Gasteiger partial charge is 0.191 e. The minimum atomic E-state index is -3.24. The topological polar surface area (TPSA) is 70.6 Å². The van der Waals surface area contributed by atoms with Crippen LogP contribution in [0, 0.1) is 12.7 Å². The third kappa shape index (κ3) is 7.75. The van der Waals surface area contributed by atoms with Gasteiger partial charge >= 0.3 is 0 Å². The molecule has 0 aromatic heterocycles. The van der Waals surface area contributed by atoms with E-state index in [-0.39, 0.29) is 29.8 Å². The van der Waals surface area contributed by atoms with Crippen molar-refractivity contribution in [3.63, 3.8) is 0 Å². The lowest BCUT2D eigenvalue weighted by molar-refractivity contribution is 0.601. The molecule has 0 saturated heterocycles. The summed E-state index contributed by atoms with van der Waals surface area (Å²) in [6.07, 6.45) is 1.63. The molecule has 0 aliphatic carbocycles. The number of hydrogen-bond acceptors (Lipinski definition) is 3. The lowest BCUT2D eigenvalue weighted by atomic mass is 10.1. The Morgan fingerprint density at radius 2 is 1.93 bits per heavy atom. The maximum atomic E-state index is 13.8. The summed E-state index contributed by atoms with van der Waals surface area (Å²) < 4.78 is 37.3. The van der Waals surface area contributed by atoms with Crippen molar-refractivity contribution >= 4 is 51.4 Å². The molecule has 2 aromatic carbocycles. The molecule has 160 valence electrons. The second kappa shape index (κ2) is 11.7. The summed E-state index contributed by atoms with van der Waals surface area (Å²) in [6, 6.07) is 9.83. The maximum absolute atomic E-state index is 13.8. The summed E-state index contributed by atoms with van der Waals surface area (Å²) in [5.41, 5.74) is 2.07. The van der Waals surface area contributed by atoms with Gasteiger partial charge in [0.25, 0.3) is 0 Å². The Hall–Kier alpha value is -1.39. The van der Waals surface area contributed by atoms with Gasteiger partial charge in [0.05, 0.1) is 11.4 Å². The average molecular weight is 554 g/mol. The summed E-state index contributed by atoms with van der Waals surface area (Å²) in [4.78, 5) is 4.84. The van der Waals surface area contributed by atoms with Crippen LogP contribution in [-0.4, -0.2) is 33.7 Å². The molecule has 5 nitrogen and oxygen atoms in total. The first kappa shape index (κ1) is 25.6. The third-order valence-electron chi connectivity index (χ3n) is 4.13. The van der Waals surface area contributed by atoms with Crippen molar-refractivity contribution in [2.75, 3.05) is 19.3 Å². The number of hydrogen-bond donors (Lipinski definition) is 2. The Labute approximate surface area is 194 Å². The number of aryl methyl sites for hydroxylation is 1. The van der Waals surface area contributed by atoms with E-state index in [1.807, 2.05) is 13.0 Å². The van der Waals surface area contributed by atoms with Crippen molar-refractivity contribution in [1.29, 1.82) is 0 Å². The van der Waals surface area contributed by atoms with Crippen LogP contribution in [0.1, 0.15) is 23.6 Å². The van der Waals surface area contributed by atoms with E-state index in [4.69, 9.17) is 11.6 Å². The first-order valence-corrected chi connectivity index (χ1v) is 11.2. The van der Waals surface area contributed by atoms with Crippen molar-refractivity contribution in [3.05, 3.63) is 63.9 Å². The van der Waals surface area contributed by atoms with Crippen molar-refractivity contribution in [2.24, 2.45) is 4.99 Å². The summed E-state index contributed by atoms with van der Waals surface area (Å²) >= 11 is 6.05. The number of rotatable bonds is 7. The fourth-order valence-corrected chi connectivity index (χ4v) is 4.03. The van der Waals surface area contributed by atoms with E-state index in [9.17, 15) is 12.8 Å². The fourth-order valence-electron chi connectivity index (χ4n) is 2.82. The Morgan fingerprint density at radius 1 is 1.21 bits per heavy atom. The van der Waals surface area contributed by atoms with Crippen LogP contribution in [0.4, 0.5) is 4.39 Å². The molecule has 0 aliphatic heterocycles. The van der Waals surface area contributed by atoms with E-state index in [2.05, 4.69) is 15.6 Å². The second-order valence-electron chi connectivity index (χ2n) is 6.44. The van der Waals surface area contributed by atoms with Crippen LogP contribution in [0.5, 0.6) is 0 Å². The number of guanidine groups is 1. The number of halogens is 3. The molecular weight excluding hydrogens is 528 g/mol. The molecule has 29 heavy (non-hydrogen) atoms. The predicted octanol–water partition coefficient (Wildman–Crippen LogP) is 4.11. The number of aliphatic imine (C=N–C) groups is 1. The van der Waals surface area contributed by atoms with Gasteiger partial charge in [-0.1, -0.05) is 29.8 Å².